The van der Waals surface area contributed by atoms with Gasteiger partial charge in [0, 0.05) is 12.4 Å². The summed E-state index contributed by atoms with van der Waals surface area (Å²) in [6, 6.07) is -3.22. The molecular formula is C13H17N7O7S. The lowest BCUT2D eigenvalue weighted by Gasteiger charge is -2.19. The van der Waals surface area contributed by atoms with Gasteiger partial charge < -0.3 is 20.5 Å². The Kier molecular flexibility index (Phi) is 6.68. The quantitative estimate of drug-likeness (QED) is 0.277. The Bertz CT molecular complexity index is 932. The first-order chi connectivity index (χ1) is 13.1. The number of carboxylic acid groups (broad SMARTS) is 1. The fraction of sp³-hybridized carbons (Fsp3) is 0.385. The topological polar surface area (TPSA) is 224 Å². The normalized spacial score (nSPS) is 14.9. The van der Waals surface area contributed by atoms with E-state index in [0.29, 0.717) is 0 Å². The third-order valence-electron chi connectivity index (χ3n) is 3.27. The van der Waals surface area contributed by atoms with Crippen molar-refractivity contribution in [2.24, 2.45) is 5.73 Å². The highest BCUT2D eigenvalue weighted by molar-refractivity contribution is 7.87. The molecule has 0 aliphatic heterocycles. The summed E-state index contributed by atoms with van der Waals surface area (Å²) < 4.78 is 33.2. The maximum absolute atomic E-state index is 12.2. The number of nitrogens with two attached hydrogens (primary N) is 1. The van der Waals surface area contributed by atoms with E-state index in [2.05, 4.69) is 20.1 Å². The Labute approximate surface area is 158 Å². The number of hydrogen-bond donors (Lipinski definition) is 5. The predicted octanol–water partition coefficient (Wildman–Crippen LogP) is -2.30. The van der Waals surface area contributed by atoms with Crippen LogP contribution in [0, 0.1) is 0 Å². The molecule has 0 fully saturated rings. The lowest BCUT2D eigenvalue weighted by Crippen LogP contribution is -2.52. The van der Waals surface area contributed by atoms with E-state index < -0.39 is 46.7 Å². The summed E-state index contributed by atoms with van der Waals surface area (Å²) in [5.74, 6) is -2.82. The maximum Gasteiger partial charge on any atom is 0.324 e. The Morgan fingerprint density at radius 1 is 1.32 bits per heavy atom. The summed E-state index contributed by atoms with van der Waals surface area (Å²) >= 11 is 0. The molecule has 152 valence electrons. The maximum atomic E-state index is 12.2. The van der Waals surface area contributed by atoms with Crippen LogP contribution in [0.1, 0.15) is 25.3 Å². The number of amides is 1. The third kappa shape index (κ3) is 5.74. The summed E-state index contributed by atoms with van der Waals surface area (Å²) in [5.41, 5.74) is 5.36. The molecular weight excluding hydrogens is 398 g/mol. The van der Waals surface area contributed by atoms with Crippen LogP contribution in [-0.4, -0.2) is 62.8 Å². The van der Waals surface area contributed by atoms with E-state index in [1.165, 1.54) is 18.6 Å². The molecule has 6 N–H and O–H groups in total. The Hall–Kier alpha value is -3.01. The van der Waals surface area contributed by atoms with Gasteiger partial charge in [-0.1, -0.05) is 5.16 Å². The number of aliphatic hydroxyl groups is 1. The number of nitrogens with zero attached hydrogens (tertiary/aromatic N) is 4. The highest BCUT2D eigenvalue weighted by Gasteiger charge is 2.32. The molecule has 0 bridgehead atoms. The minimum absolute atomic E-state index is 0.0166. The average Bonchev–Trinajstić information content (AvgIpc) is 3.09. The number of aliphatic carboxylic acids is 1. The van der Waals surface area contributed by atoms with Crippen molar-refractivity contribution in [1.82, 2.24) is 29.6 Å². The van der Waals surface area contributed by atoms with E-state index in [-0.39, 0.29) is 17.4 Å². The first-order valence-electron chi connectivity index (χ1n) is 7.68. The molecule has 0 aliphatic rings. The van der Waals surface area contributed by atoms with Crippen molar-refractivity contribution >= 4 is 22.1 Å². The number of aromatic nitrogens is 4. The van der Waals surface area contributed by atoms with Crippen molar-refractivity contribution in [3.63, 3.8) is 0 Å². The highest BCUT2D eigenvalue weighted by Crippen LogP contribution is 2.19. The van der Waals surface area contributed by atoms with E-state index in [1.54, 1.807) is 4.72 Å². The van der Waals surface area contributed by atoms with Crippen LogP contribution < -0.4 is 15.2 Å². The van der Waals surface area contributed by atoms with Crippen LogP contribution in [0.2, 0.25) is 0 Å². The summed E-state index contributed by atoms with van der Waals surface area (Å²) in [7, 11) is -4.52. The number of rotatable bonds is 10. The smallest absolute Gasteiger partial charge is 0.324 e. The van der Waals surface area contributed by atoms with Crippen molar-refractivity contribution in [1.29, 1.82) is 0 Å². The minimum Gasteiger partial charge on any atom is -0.480 e. The summed E-state index contributed by atoms with van der Waals surface area (Å²) in [6.07, 6.45) is 2.04. The summed E-state index contributed by atoms with van der Waals surface area (Å²) in [5, 5.41) is 22.0. The molecule has 0 saturated heterocycles. The van der Waals surface area contributed by atoms with Gasteiger partial charge in [0.05, 0.1) is 18.7 Å². The zero-order valence-corrected chi connectivity index (χ0v) is 15.2. The number of aliphatic hydroxyl groups excluding tert-OH is 1. The second kappa shape index (κ2) is 8.79. The van der Waals surface area contributed by atoms with Gasteiger partial charge in [0.25, 0.3) is 10.2 Å². The lowest BCUT2D eigenvalue weighted by atomic mass is 10.2. The van der Waals surface area contributed by atoms with Crippen LogP contribution in [-0.2, 0) is 19.8 Å². The first-order valence-corrected chi connectivity index (χ1v) is 9.16. The molecule has 28 heavy (non-hydrogen) atoms. The Balaban J connectivity index is 2.25. The van der Waals surface area contributed by atoms with Gasteiger partial charge in [-0.2, -0.15) is 22.8 Å². The lowest BCUT2D eigenvalue weighted by molar-refractivity contribution is -0.141. The van der Waals surface area contributed by atoms with Gasteiger partial charge in [-0.05, 0) is 6.92 Å². The number of carbonyl (C=O) groups is 2. The van der Waals surface area contributed by atoms with Crippen LogP contribution in [0.15, 0.2) is 23.1 Å². The predicted molar refractivity (Wildman–Crippen MR) is 90.2 cm³/mol. The van der Waals surface area contributed by atoms with E-state index in [0.717, 1.165) is 6.92 Å². The standard InChI is InChI=1S/C13H17N7O7S/c1-6(21)10(13(23)24)20-28(25,26)19-7(4-9(14)22)12-17-11(18-27-12)8-5-15-2-3-16-8/h2-3,5-7,10,19-21H,4H2,1H3,(H2,14,22)(H,23,24)/t6?,7-,10-/m0/s1. The monoisotopic (exact) mass is 415 g/mol. The van der Waals surface area contributed by atoms with Crippen molar-refractivity contribution in [2.75, 3.05) is 0 Å². The molecule has 2 rings (SSSR count). The molecule has 0 aromatic carbocycles. The SMILES string of the molecule is CC(O)[C@H](NS(=O)(=O)N[C@@H](CC(N)=O)c1nc(-c2cnccn2)no1)C(=O)O. The van der Waals surface area contributed by atoms with Gasteiger partial charge in [-0.15, -0.1) is 0 Å². The number of nitrogens with one attached hydrogen (secondary N) is 2. The molecule has 2 aromatic rings. The number of hydrogen-bond acceptors (Lipinski definition) is 10. The molecule has 0 radical (unpaired) electrons. The fourth-order valence-corrected chi connectivity index (χ4v) is 3.28. The largest absolute Gasteiger partial charge is 0.480 e. The van der Waals surface area contributed by atoms with Gasteiger partial charge >= 0.3 is 5.97 Å². The van der Waals surface area contributed by atoms with Gasteiger partial charge in [-0.3, -0.25) is 14.6 Å². The van der Waals surface area contributed by atoms with Crippen LogP contribution in [0.3, 0.4) is 0 Å². The van der Waals surface area contributed by atoms with Crippen LogP contribution in [0.5, 0.6) is 0 Å². The van der Waals surface area contributed by atoms with Gasteiger partial charge in [0.15, 0.2) is 0 Å². The van der Waals surface area contributed by atoms with Crippen LogP contribution in [0.4, 0.5) is 0 Å². The van der Waals surface area contributed by atoms with Crippen LogP contribution in [0.25, 0.3) is 11.5 Å². The van der Waals surface area contributed by atoms with Gasteiger partial charge in [0.1, 0.15) is 17.8 Å². The number of carboxylic acids is 1. The van der Waals surface area contributed by atoms with Crippen molar-refractivity contribution < 1.29 is 32.7 Å². The van der Waals surface area contributed by atoms with Crippen molar-refractivity contribution in [2.45, 2.75) is 31.5 Å². The Morgan fingerprint density at radius 3 is 2.57 bits per heavy atom. The third-order valence-corrected chi connectivity index (χ3v) is 4.42. The van der Waals surface area contributed by atoms with Crippen molar-refractivity contribution in [3.8, 4) is 11.5 Å². The minimum atomic E-state index is -4.52. The summed E-state index contributed by atoms with van der Waals surface area (Å²) in [4.78, 5) is 34.1. The Morgan fingerprint density at radius 2 is 2.04 bits per heavy atom. The molecule has 0 spiro atoms. The zero-order chi connectivity index (χ0) is 20.9. The molecule has 2 aromatic heterocycles. The number of carbonyl (C=O) groups excluding carboxylic acids is 1. The highest BCUT2D eigenvalue weighted by atomic mass is 32.2. The fourth-order valence-electron chi connectivity index (χ4n) is 2.02. The number of primary amides is 1. The van der Waals surface area contributed by atoms with E-state index in [1.807, 2.05) is 4.72 Å². The molecule has 3 atom stereocenters. The molecule has 14 nitrogen and oxygen atoms in total. The molecule has 2 heterocycles. The second-order valence-electron chi connectivity index (χ2n) is 5.57. The van der Waals surface area contributed by atoms with Gasteiger partial charge in [0.2, 0.25) is 17.6 Å². The van der Waals surface area contributed by atoms with Crippen LogP contribution >= 0.6 is 0 Å². The molecule has 15 heteroatoms. The molecule has 1 amide bonds. The van der Waals surface area contributed by atoms with Crippen molar-refractivity contribution in [3.05, 3.63) is 24.5 Å². The second-order valence-corrected chi connectivity index (χ2v) is 7.04. The van der Waals surface area contributed by atoms with Gasteiger partial charge in [-0.25, -0.2) is 4.98 Å². The van der Waals surface area contributed by atoms with E-state index in [9.17, 15) is 23.1 Å². The molecule has 0 aliphatic carbocycles. The average molecular weight is 415 g/mol. The van der Waals surface area contributed by atoms with E-state index >= 15 is 0 Å². The summed E-state index contributed by atoms with van der Waals surface area (Å²) in [6.45, 7) is 1.09. The first kappa shape index (κ1) is 21.3. The molecule has 1 unspecified atom stereocenters. The molecule has 0 saturated carbocycles. The zero-order valence-electron chi connectivity index (χ0n) is 14.4. The van der Waals surface area contributed by atoms with E-state index in [4.69, 9.17) is 15.4 Å².